The van der Waals surface area contributed by atoms with Crippen LogP contribution >= 0.6 is 11.5 Å². The van der Waals surface area contributed by atoms with Crippen molar-refractivity contribution in [3.63, 3.8) is 0 Å². The van der Waals surface area contributed by atoms with Crippen LogP contribution in [0.1, 0.15) is 59.9 Å². The first-order valence-corrected chi connectivity index (χ1v) is 12.5. The van der Waals surface area contributed by atoms with Gasteiger partial charge < -0.3 is 9.80 Å². The maximum absolute atomic E-state index is 13.1. The van der Waals surface area contributed by atoms with Crippen LogP contribution in [0.2, 0.25) is 0 Å². The first kappa shape index (κ1) is 22.5. The number of nitrogens with zero attached hydrogens (tertiary/aromatic N) is 4. The van der Waals surface area contributed by atoms with E-state index in [9.17, 15) is 4.79 Å². The summed E-state index contributed by atoms with van der Waals surface area (Å²) in [6.45, 7) is 5.41. The third-order valence-corrected chi connectivity index (χ3v) is 6.80. The highest BCUT2D eigenvalue weighted by atomic mass is 32.1. The van der Waals surface area contributed by atoms with E-state index in [-0.39, 0.29) is 5.91 Å². The van der Waals surface area contributed by atoms with Crippen LogP contribution in [-0.4, -0.2) is 46.3 Å². The fraction of sp³-hybridized carbons (Fsp3) is 0.423. The van der Waals surface area contributed by atoms with Gasteiger partial charge in [0.05, 0.1) is 0 Å². The molecule has 1 saturated heterocycles. The monoisotopic (exact) mass is 448 g/mol. The molecule has 1 aromatic heterocycles. The molecule has 1 aliphatic rings. The lowest BCUT2D eigenvalue weighted by Crippen LogP contribution is -2.35. The normalized spacial score (nSPS) is 14.4. The third kappa shape index (κ3) is 5.94. The van der Waals surface area contributed by atoms with Gasteiger partial charge >= 0.3 is 0 Å². The van der Waals surface area contributed by atoms with Gasteiger partial charge in [-0.1, -0.05) is 62.2 Å². The van der Waals surface area contributed by atoms with Gasteiger partial charge in [0.2, 0.25) is 5.13 Å². The van der Waals surface area contributed by atoms with E-state index in [2.05, 4.69) is 40.5 Å². The number of carbonyl (C=O) groups excluding carboxylic acids is 1. The predicted molar refractivity (Wildman–Crippen MR) is 132 cm³/mol. The molecule has 5 nitrogen and oxygen atoms in total. The summed E-state index contributed by atoms with van der Waals surface area (Å²) in [4.78, 5) is 22.1. The zero-order chi connectivity index (χ0) is 22.2. The number of benzene rings is 2. The van der Waals surface area contributed by atoms with Crippen LogP contribution in [0.25, 0.3) is 0 Å². The minimum absolute atomic E-state index is 0.133. The van der Waals surface area contributed by atoms with E-state index in [0.29, 0.717) is 6.54 Å². The van der Waals surface area contributed by atoms with Crippen LogP contribution in [0, 0.1) is 0 Å². The smallest absolute Gasteiger partial charge is 0.253 e. The summed E-state index contributed by atoms with van der Waals surface area (Å²) in [7, 11) is 0. The predicted octanol–water partition coefficient (Wildman–Crippen LogP) is 5.21. The van der Waals surface area contributed by atoms with Crippen molar-refractivity contribution in [2.45, 2.75) is 45.4 Å². The average Bonchev–Trinajstić information content (AvgIpc) is 3.14. The second kappa shape index (κ2) is 11.2. The molecule has 168 valence electrons. The molecule has 0 aliphatic carbocycles. The molecular weight excluding hydrogens is 416 g/mol. The van der Waals surface area contributed by atoms with E-state index in [1.54, 1.807) is 0 Å². The summed E-state index contributed by atoms with van der Waals surface area (Å²) in [5.74, 6) is 1.00. The van der Waals surface area contributed by atoms with Crippen molar-refractivity contribution < 1.29 is 4.79 Å². The highest BCUT2D eigenvalue weighted by molar-refractivity contribution is 7.09. The van der Waals surface area contributed by atoms with E-state index in [0.717, 1.165) is 55.4 Å². The molecule has 6 heteroatoms. The number of anilines is 1. The summed E-state index contributed by atoms with van der Waals surface area (Å²) in [6.07, 6.45) is 6.49. The van der Waals surface area contributed by atoms with Crippen LogP contribution in [0.3, 0.4) is 0 Å². The maximum Gasteiger partial charge on any atom is 0.253 e. The largest absolute Gasteiger partial charge is 0.345 e. The van der Waals surface area contributed by atoms with Gasteiger partial charge in [0.1, 0.15) is 5.82 Å². The van der Waals surface area contributed by atoms with Crippen molar-refractivity contribution in [1.29, 1.82) is 0 Å². The Hall–Kier alpha value is -2.73. The SMILES string of the molecule is CCCCCc1ccc(C(=O)N2CCCN(c3nc(Cc4ccccc4)ns3)CC2)cc1. The fourth-order valence-corrected chi connectivity index (χ4v) is 4.85. The number of unbranched alkanes of at least 4 members (excludes halogenated alkanes) is 2. The summed E-state index contributed by atoms with van der Waals surface area (Å²) in [5, 5.41) is 0.960. The Morgan fingerprint density at radius 2 is 1.75 bits per heavy atom. The van der Waals surface area contributed by atoms with Crippen molar-refractivity contribution in [3.05, 3.63) is 77.1 Å². The molecule has 1 aliphatic heterocycles. The molecule has 0 atom stereocenters. The van der Waals surface area contributed by atoms with Crippen molar-refractivity contribution >= 4 is 22.6 Å². The quantitative estimate of drug-likeness (QED) is 0.444. The minimum atomic E-state index is 0.133. The number of amides is 1. The Morgan fingerprint density at radius 1 is 0.938 bits per heavy atom. The Kier molecular flexibility index (Phi) is 7.88. The van der Waals surface area contributed by atoms with Crippen LogP contribution in [0.15, 0.2) is 54.6 Å². The summed E-state index contributed by atoms with van der Waals surface area (Å²) < 4.78 is 4.56. The lowest BCUT2D eigenvalue weighted by atomic mass is 10.0. The number of hydrogen-bond donors (Lipinski definition) is 0. The maximum atomic E-state index is 13.1. The molecule has 0 saturated carbocycles. The van der Waals surface area contributed by atoms with Crippen LogP contribution in [0.5, 0.6) is 0 Å². The summed E-state index contributed by atoms with van der Waals surface area (Å²) in [6, 6.07) is 18.5. The standard InChI is InChI=1S/C26H32N4OS/c1-2-3-5-9-21-12-14-23(15-13-21)25(31)29-16-8-17-30(19-18-29)26-27-24(28-32-26)20-22-10-6-4-7-11-22/h4,6-7,10-15H,2-3,5,8-9,16-20H2,1H3. The Morgan fingerprint density at radius 3 is 2.53 bits per heavy atom. The van der Waals surface area contributed by atoms with E-state index in [1.165, 1.54) is 41.9 Å². The van der Waals surface area contributed by atoms with Crippen LogP contribution in [0.4, 0.5) is 5.13 Å². The molecule has 3 aromatic rings. The molecule has 0 unspecified atom stereocenters. The number of hydrogen-bond acceptors (Lipinski definition) is 5. The highest BCUT2D eigenvalue weighted by Crippen LogP contribution is 2.21. The van der Waals surface area contributed by atoms with Gasteiger partial charge in [-0.2, -0.15) is 4.37 Å². The topological polar surface area (TPSA) is 49.3 Å². The van der Waals surface area contributed by atoms with Gasteiger partial charge in [0.15, 0.2) is 0 Å². The lowest BCUT2D eigenvalue weighted by Gasteiger charge is -2.21. The van der Waals surface area contributed by atoms with Crippen molar-refractivity contribution in [2.75, 3.05) is 31.1 Å². The van der Waals surface area contributed by atoms with Crippen molar-refractivity contribution in [1.82, 2.24) is 14.3 Å². The zero-order valence-electron chi connectivity index (χ0n) is 18.9. The van der Waals surface area contributed by atoms with Crippen LogP contribution < -0.4 is 4.90 Å². The fourth-order valence-electron chi connectivity index (χ4n) is 4.11. The lowest BCUT2D eigenvalue weighted by molar-refractivity contribution is 0.0767. The van der Waals surface area contributed by atoms with Crippen molar-refractivity contribution in [2.24, 2.45) is 0 Å². The second-order valence-electron chi connectivity index (χ2n) is 8.44. The number of rotatable bonds is 8. The van der Waals surface area contributed by atoms with E-state index >= 15 is 0 Å². The van der Waals surface area contributed by atoms with Crippen molar-refractivity contribution in [3.8, 4) is 0 Å². The van der Waals surface area contributed by atoms with Gasteiger partial charge in [-0.25, -0.2) is 4.98 Å². The van der Waals surface area contributed by atoms with Gasteiger partial charge in [0, 0.05) is 49.7 Å². The molecule has 1 amide bonds. The molecule has 0 spiro atoms. The minimum Gasteiger partial charge on any atom is -0.345 e. The summed E-state index contributed by atoms with van der Waals surface area (Å²) >= 11 is 1.46. The Labute approximate surface area is 195 Å². The first-order chi connectivity index (χ1) is 15.7. The number of carbonyl (C=O) groups is 1. The third-order valence-electron chi connectivity index (χ3n) is 5.99. The molecule has 0 radical (unpaired) electrons. The van der Waals surface area contributed by atoms with Crippen LogP contribution in [-0.2, 0) is 12.8 Å². The van der Waals surface area contributed by atoms with Gasteiger partial charge in [-0.05, 0) is 42.5 Å². The van der Waals surface area contributed by atoms with Gasteiger partial charge in [-0.15, -0.1) is 0 Å². The van der Waals surface area contributed by atoms with E-state index in [4.69, 9.17) is 4.98 Å². The number of aryl methyl sites for hydroxylation is 1. The zero-order valence-corrected chi connectivity index (χ0v) is 19.7. The molecular formula is C26H32N4OS. The molecule has 0 N–H and O–H groups in total. The first-order valence-electron chi connectivity index (χ1n) is 11.7. The van der Waals surface area contributed by atoms with Gasteiger partial charge in [0.25, 0.3) is 5.91 Å². The average molecular weight is 449 g/mol. The molecule has 1 fully saturated rings. The Bertz CT molecular complexity index is 987. The molecule has 2 heterocycles. The highest BCUT2D eigenvalue weighted by Gasteiger charge is 2.22. The van der Waals surface area contributed by atoms with E-state index < -0.39 is 0 Å². The Balaban J connectivity index is 1.32. The number of aromatic nitrogens is 2. The van der Waals surface area contributed by atoms with Gasteiger partial charge in [-0.3, -0.25) is 4.79 Å². The molecule has 0 bridgehead atoms. The van der Waals surface area contributed by atoms with E-state index in [1.807, 2.05) is 35.2 Å². The second-order valence-corrected chi connectivity index (χ2v) is 9.17. The molecule has 2 aromatic carbocycles. The molecule has 4 rings (SSSR count). The summed E-state index contributed by atoms with van der Waals surface area (Å²) in [5.41, 5.74) is 3.33. The molecule has 32 heavy (non-hydrogen) atoms.